The number of hydrogen-bond donors (Lipinski definition) is 2. The van der Waals surface area contributed by atoms with Gasteiger partial charge in [0.25, 0.3) is 0 Å². The van der Waals surface area contributed by atoms with Crippen LogP contribution in [0.1, 0.15) is 18.1 Å². The Labute approximate surface area is 118 Å². The van der Waals surface area contributed by atoms with Gasteiger partial charge < -0.3 is 15.7 Å². The lowest BCUT2D eigenvalue weighted by atomic mass is 10.1. The van der Waals surface area contributed by atoms with E-state index in [9.17, 15) is 9.50 Å². The summed E-state index contributed by atoms with van der Waals surface area (Å²) in [6, 6.07) is 10.1. The van der Waals surface area contributed by atoms with Crippen LogP contribution in [0.5, 0.6) is 5.75 Å². The first-order chi connectivity index (χ1) is 9.58. The van der Waals surface area contributed by atoms with Crippen LogP contribution in [0.3, 0.4) is 0 Å². The number of phenols is 1. The van der Waals surface area contributed by atoms with E-state index in [2.05, 4.69) is 0 Å². The van der Waals surface area contributed by atoms with Crippen molar-refractivity contribution in [3.8, 4) is 5.75 Å². The van der Waals surface area contributed by atoms with Crippen molar-refractivity contribution in [2.75, 3.05) is 11.4 Å². The van der Waals surface area contributed by atoms with Crippen LogP contribution in [-0.4, -0.2) is 11.7 Å². The maximum absolute atomic E-state index is 13.9. The molecule has 3 N–H and O–H groups in total. The van der Waals surface area contributed by atoms with Gasteiger partial charge in [-0.15, -0.1) is 0 Å². The van der Waals surface area contributed by atoms with Gasteiger partial charge in [-0.25, -0.2) is 4.39 Å². The van der Waals surface area contributed by atoms with Gasteiger partial charge in [0.05, 0.1) is 0 Å². The average Bonchev–Trinajstić information content (AvgIpc) is 2.44. The number of anilines is 2. The Kier molecular flexibility index (Phi) is 4.25. The number of aromatic hydroxyl groups is 1. The minimum absolute atomic E-state index is 0.135. The predicted molar refractivity (Wildman–Crippen MR) is 79.8 cm³/mol. The number of nitrogens with zero attached hydrogens (tertiary/aromatic N) is 1. The van der Waals surface area contributed by atoms with Crippen molar-refractivity contribution in [1.82, 2.24) is 0 Å². The Morgan fingerprint density at radius 1 is 1.20 bits per heavy atom. The van der Waals surface area contributed by atoms with Crippen molar-refractivity contribution in [2.24, 2.45) is 5.73 Å². The second-order valence-electron chi connectivity index (χ2n) is 4.66. The number of rotatable bonds is 4. The van der Waals surface area contributed by atoms with Crippen molar-refractivity contribution >= 4 is 11.4 Å². The monoisotopic (exact) mass is 274 g/mol. The predicted octanol–water partition coefficient (Wildman–Crippen LogP) is 3.46. The lowest BCUT2D eigenvalue weighted by molar-refractivity contribution is 0.475. The normalized spacial score (nSPS) is 10.6. The smallest absolute Gasteiger partial charge is 0.129 e. The first-order valence-electron chi connectivity index (χ1n) is 6.63. The third-order valence-electron chi connectivity index (χ3n) is 3.39. The van der Waals surface area contributed by atoms with E-state index < -0.39 is 0 Å². The van der Waals surface area contributed by atoms with Gasteiger partial charge in [0, 0.05) is 36.1 Å². The van der Waals surface area contributed by atoms with E-state index >= 15 is 0 Å². The summed E-state index contributed by atoms with van der Waals surface area (Å²) >= 11 is 0. The highest BCUT2D eigenvalue weighted by molar-refractivity contribution is 5.70. The van der Waals surface area contributed by atoms with Crippen molar-refractivity contribution in [3.05, 3.63) is 53.3 Å². The van der Waals surface area contributed by atoms with Crippen molar-refractivity contribution < 1.29 is 9.50 Å². The van der Waals surface area contributed by atoms with Crippen molar-refractivity contribution in [1.29, 1.82) is 0 Å². The molecule has 3 nitrogen and oxygen atoms in total. The molecule has 4 heteroatoms. The lowest BCUT2D eigenvalue weighted by Gasteiger charge is -2.27. The van der Waals surface area contributed by atoms with Crippen LogP contribution in [0.2, 0.25) is 0 Å². The second-order valence-corrected chi connectivity index (χ2v) is 4.66. The Hall–Kier alpha value is -2.07. The highest BCUT2D eigenvalue weighted by atomic mass is 19.1. The molecule has 0 bridgehead atoms. The van der Waals surface area contributed by atoms with Gasteiger partial charge >= 0.3 is 0 Å². The molecule has 2 rings (SSSR count). The Morgan fingerprint density at radius 2 is 1.95 bits per heavy atom. The van der Waals surface area contributed by atoms with Gasteiger partial charge in [0.2, 0.25) is 0 Å². The van der Waals surface area contributed by atoms with Crippen LogP contribution in [0.4, 0.5) is 15.8 Å². The van der Waals surface area contributed by atoms with Gasteiger partial charge in [0.1, 0.15) is 11.6 Å². The fraction of sp³-hybridized carbons (Fsp3) is 0.250. The third kappa shape index (κ3) is 2.60. The first kappa shape index (κ1) is 14.3. The Morgan fingerprint density at radius 3 is 2.60 bits per heavy atom. The van der Waals surface area contributed by atoms with Gasteiger partial charge in [-0.3, -0.25) is 0 Å². The van der Waals surface area contributed by atoms with Crippen LogP contribution in [-0.2, 0) is 6.54 Å². The zero-order valence-electron chi connectivity index (χ0n) is 11.7. The second kappa shape index (κ2) is 5.92. The quantitative estimate of drug-likeness (QED) is 0.897. The standard InChI is InChI=1S/C16H19FN2O/c1-3-19(16-9-12(20)8-7-11(16)2)15-6-4-5-14(17)13(15)10-18/h4-9,20H,3,10,18H2,1-2H3. The van der Waals surface area contributed by atoms with E-state index in [0.29, 0.717) is 12.1 Å². The van der Waals surface area contributed by atoms with Gasteiger partial charge in [0.15, 0.2) is 0 Å². The lowest BCUT2D eigenvalue weighted by Crippen LogP contribution is -2.20. The van der Waals surface area contributed by atoms with E-state index in [0.717, 1.165) is 16.9 Å². The molecule has 0 heterocycles. The summed E-state index contributed by atoms with van der Waals surface area (Å²) in [7, 11) is 0. The summed E-state index contributed by atoms with van der Waals surface area (Å²) in [6.45, 7) is 4.73. The topological polar surface area (TPSA) is 49.5 Å². The van der Waals surface area contributed by atoms with Gasteiger partial charge in [-0.2, -0.15) is 0 Å². The summed E-state index contributed by atoms with van der Waals surface area (Å²) in [4.78, 5) is 1.96. The average molecular weight is 274 g/mol. The number of halogens is 1. The summed E-state index contributed by atoms with van der Waals surface area (Å²) in [6.07, 6.45) is 0. The molecule has 0 unspecified atom stereocenters. The highest BCUT2D eigenvalue weighted by Crippen LogP contribution is 2.33. The first-order valence-corrected chi connectivity index (χ1v) is 6.63. The molecule has 2 aromatic carbocycles. The Bertz CT molecular complexity index is 613. The molecule has 0 aliphatic carbocycles. The number of hydrogen-bond acceptors (Lipinski definition) is 3. The molecule has 20 heavy (non-hydrogen) atoms. The number of aryl methyl sites for hydroxylation is 1. The summed E-state index contributed by atoms with van der Waals surface area (Å²) in [5.41, 5.74) is 8.76. The zero-order chi connectivity index (χ0) is 14.7. The minimum atomic E-state index is -0.304. The molecule has 2 aromatic rings. The van der Waals surface area contributed by atoms with Crippen LogP contribution < -0.4 is 10.6 Å². The minimum Gasteiger partial charge on any atom is -0.508 e. The van der Waals surface area contributed by atoms with Crippen LogP contribution in [0, 0.1) is 12.7 Å². The molecule has 0 spiro atoms. The van der Waals surface area contributed by atoms with Gasteiger partial charge in [-0.05, 0) is 37.6 Å². The molecule has 0 aromatic heterocycles. The van der Waals surface area contributed by atoms with Gasteiger partial charge in [-0.1, -0.05) is 12.1 Å². The third-order valence-corrected chi connectivity index (χ3v) is 3.39. The van der Waals surface area contributed by atoms with E-state index in [1.807, 2.05) is 30.9 Å². The maximum atomic E-state index is 13.9. The molecule has 0 aliphatic heterocycles. The molecule has 0 amide bonds. The molecular formula is C16H19FN2O. The molecule has 0 saturated carbocycles. The molecule has 0 fully saturated rings. The number of phenolic OH excluding ortho intramolecular Hbond substituents is 1. The number of benzene rings is 2. The molecule has 106 valence electrons. The van der Waals surface area contributed by atoms with E-state index in [-0.39, 0.29) is 18.1 Å². The fourth-order valence-corrected chi connectivity index (χ4v) is 2.36. The van der Waals surface area contributed by atoms with E-state index in [1.54, 1.807) is 18.2 Å². The molecule has 0 saturated heterocycles. The zero-order valence-corrected chi connectivity index (χ0v) is 11.7. The number of nitrogens with two attached hydrogens (primary N) is 1. The SMILES string of the molecule is CCN(c1cc(O)ccc1C)c1cccc(F)c1CN. The summed E-state index contributed by atoms with van der Waals surface area (Å²) < 4.78 is 13.9. The molecular weight excluding hydrogens is 255 g/mol. The summed E-state index contributed by atoms with van der Waals surface area (Å²) in [5, 5.41) is 9.68. The molecule has 0 aliphatic rings. The van der Waals surface area contributed by atoms with Crippen LogP contribution in [0.15, 0.2) is 36.4 Å². The van der Waals surface area contributed by atoms with Crippen molar-refractivity contribution in [2.45, 2.75) is 20.4 Å². The van der Waals surface area contributed by atoms with Crippen LogP contribution in [0.25, 0.3) is 0 Å². The maximum Gasteiger partial charge on any atom is 0.129 e. The van der Waals surface area contributed by atoms with E-state index in [1.165, 1.54) is 6.07 Å². The molecule has 0 radical (unpaired) electrons. The fourth-order valence-electron chi connectivity index (χ4n) is 2.36. The Balaban J connectivity index is 2.58. The van der Waals surface area contributed by atoms with Crippen LogP contribution >= 0.6 is 0 Å². The van der Waals surface area contributed by atoms with Crippen molar-refractivity contribution in [3.63, 3.8) is 0 Å². The summed E-state index contributed by atoms with van der Waals surface area (Å²) in [5.74, 6) is -0.115. The highest BCUT2D eigenvalue weighted by Gasteiger charge is 2.16. The molecule has 0 atom stereocenters. The largest absolute Gasteiger partial charge is 0.508 e. The van der Waals surface area contributed by atoms with E-state index in [4.69, 9.17) is 5.73 Å².